The van der Waals surface area contributed by atoms with Crippen molar-refractivity contribution in [2.24, 2.45) is 22.6 Å². The molecule has 1 unspecified atom stereocenters. The Kier molecular flexibility index (Phi) is 9.92. The highest BCUT2D eigenvalue weighted by atomic mass is 35.5. The zero-order valence-corrected chi connectivity index (χ0v) is 23.6. The van der Waals surface area contributed by atoms with Crippen LogP contribution in [-0.2, 0) is 16.1 Å². The summed E-state index contributed by atoms with van der Waals surface area (Å²) in [7, 11) is 0. The molecule has 1 aromatic heterocycles. The zero-order valence-electron chi connectivity index (χ0n) is 22.1. The predicted octanol–water partition coefficient (Wildman–Crippen LogP) is 5.57. The van der Waals surface area contributed by atoms with E-state index in [4.69, 9.17) is 33.9 Å². The van der Waals surface area contributed by atoms with Gasteiger partial charge in [0.05, 0.1) is 40.0 Å². The van der Waals surface area contributed by atoms with Gasteiger partial charge in [0.1, 0.15) is 17.4 Å². The van der Waals surface area contributed by atoms with Crippen molar-refractivity contribution in [3.63, 3.8) is 0 Å². The molecule has 2 aliphatic rings. The first-order chi connectivity index (χ1) is 19.1. The molecule has 40 heavy (non-hydrogen) atoms. The van der Waals surface area contributed by atoms with Crippen LogP contribution in [0.1, 0.15) is 62.7 Å². The fraction of sp³-hybridized carbons (Fsp3) is 0.448. The van der Waals surface area contributed by atoms with Crippen LogP contribution in [0.15, 0.2) is 47.4 Å². The Balaban J connectivity index is 1.64. The summed E-state index contributed by atoms with van der Waals surface area (Å²) >= 11 is 12.5. The number of carbonyl (C=O) groups excluding carboxylic acids is 2. The standard InChI is InChI=1S/C29H32Cl2F2N4O3/c1-16(38)18-4-6-22(7-5-18)36-28(19-2-3-19)23(11-34)29(40)37(14-17-8-20(32)10-21(33)9-17)15-26(39)27-24(30)12-35-13-25(27)31/h8-13,18-19,22,26,39H,2-7,14-15,34H2,1H3. The molecule has 1 amide bonds. The third kappa shape index (κ3) is 7.44. The minimum absolute atomic E-state index is 0.0393. The summed E-state index contributed by atoms with van der Waals surface area (Å²) in [6.45, 7) is 1.10. The van der Waals surface area contributed by atoms with Gasteiger partial charge in [-0.3, -0.25) is 19.6 Å². The van der Waals surface area contributed by atoms with Crippen LogP contribution in [0, 0.1) is 23.5 Å². The van der Waals surface area contributed by atoms with Crippen molar-refractivity contribution in [1.29, 1.82) is 0 Å². The molecule has 3 N–H and O–H groups in total. The van der Waals surface area contributed by atoms with Crippen molar-refractivity contribution in [1.82, 2.24) is 9.88 Å². The number of Topliss-reactive ketones (excluding diaryl/α,β-unsaturated/α-hetero) is 1. The number of amides is 1. The largest absolute Gasteiger partial charge is 0.404 e. The molecule has 214 valence electrons. The first-order valence-electron chi connectivity index (χ1n) is 13.3. The third-order valence-corrected chi connectivity index (χ3v) is 8.03. The first-order valence-corrected chi connectivity index (χ1v) is 14.0. The van der Waals surface area contributed by atoms with Crippen LogP contribution in [0.3, 0.4) is 0 Å². The molecule has 2 aliphatic carbocycles. The maximum atomic E-state index is 14.0. The third-order valence-electron chi connectivity index (χ3n) is 7.43. The molecule has 4 rings (SSSR count). The fourth-order valence-corrected chi connectivity index (χ4v) is 5.79. The molecule has 1 atom stereocenters. The number of ketones is 1. The molecule has 0 saturated heterocycles. The Hall–Kier alpha value is -2.88. The number of aliphatic hydroxyl groups excluding tert-OH is 1. The van der Waals surface area contributed by atoms with E-state index in [0.717, 1.165) is 56.7 Å². The van der Waals surface area contributed by atoms with Gasteiger partial charge in [-0.15, -0.1) is 0 Å². The molecule has 2 aromatic rings. The van der Waals surface area contributed by atoms with Crippen molar-refractivity contribution >= 4 is 40.6 Å². The number of aromatic nitrogens is 1. The number of hydrogen-bond acceptors (Lipinski definition) is 6. The van der Waals surface area contributed by atoms with Gasteiger partial charge in [0.25, 0.3) is 5.91 Å². The van der Waals surface area contributed by atoms with E-state index >= 15 is 0 Å². The number of benzene rings is 1. The van der Waals surface area contributed by atoms with E-state index in [1.54, 1.807) is 6.92 Å². The van der Waals surface area contributed by atoms with Crippen molar-refractivity contribution < 1.29 is 23.5 Å². The highest BCUT2D eigenvalue weighted by Crippen LogP contribution is 2.37. The number of aliphatic hydroxyl groups is 1. The topological polar surface area (TPSA) is 109 Å². The minimum atomic E-state index is -1.33. The fourth-order valence-electron chi connectivity index (χ4n) is 5.18. The Morgan fingerprint density at radius 1 is 1.07 bits per heavy atom. The van der Waals surface area contributed by atoms with Gasteiger partial charge in [-0.2, -0.15) is 0 Å². The molecule has 11 heteroatoms. The Morgan fingerprint density at radius 2 is 1.65 bits per heavy atom. The number of nitrogens with two attached hydrogens (primary N) is 1. The first kappa shape index (κ1) is 30.1. The summed E-state index contributed by atoms with van der Waals surface area (Å²) in [5.41, 5.74) is 7.14. The van der Waals surface area contributed by atoms with Gasteiger partial charge in [-0.05, 0) is 63.1 Å². The molecule has 0 radical (unpaired) electrons. The van der Waals surface area contributed by atoms with Crippen molar-refractivity contribution in [2.75, 3.05) is 6.54 Å². The molecular weight excluding hydrogens is 561 g/mol. The van der Waals surface area contributed by atoms with Crippen molar-refractivity contribution in [3.05, 3.63) is 75.2 Å². The molecule has 0 aliphatic heterocycles. The lowest BCUT2D eigenvalue weighted by Gasteiger charge is -2.29. The summed E-state index contributed by atoms with van der Waals surface area (Å²) in [4.78, 5) is 35.9. The second-order valence-corrected chi connectivity index (χ2v) is 11.3. The number of carbonyl (C=O) groups is 2. The van der Waals surface area contributed by atoms with E-state index in [-0.39, 0.29) is 63.5 Å². The van der Waals surface area contributed by atoms with Crippen LogP contribution < -0.4 is 5.73 Å². The number of halogens is 4. The number of hydrogen-bond donors (Lipinski definition) is 2. The molecule has 0 spiro atoms. The molecule has 1 heterocycles. The average Bonchev–Trinajstić information content (AvgIpc) is 3.73. The zero-order chi connectivity index (χ0) is 29.0. The Bertz CT molecular complexity index is 1280. The lowest BCUT2D eigenvalue weighted by atomic mass is 9.84. The quantitative estimate of drug-likeness (QED) is 0.277. The summed E-state index contributed by atoms with van der Waals surface area (Å²) in [6.07, 6.45) is 7.19. The maximum Gasteiger partial charge on any atom is 0.257 e. The van der Waals surface area contributed by atoms with Crippen LogP contribution in [0.25, 0.3) is 0 Å². The molecule has 2 saturated carbocycles. The van der Waals surface area contributed by atoms with E-state index in [1.807, 2.05) is 0 Å². The van der Waals surface area contributed by atoms with E-state index in [1.165, 1.54) is 23.5 Å². The van der Waals surface area contributed by atoms with Gasteiger partial charge in [0.15, 0.2) is 0 Å². The second kappa shape index (κ2) is 13.2. The summed E-state index contributed by atoms with van der Waals surface area (Å²) < 4.78 is 28.0. The van der Waals surface area contributed by atoms with E-state index in [2.05, 4.69) is 4.98 Å². The van der Waals surface area contributed by atoms with Crippen LogP contribution in [-0.4, -0.2) is 45.0 Å². The molecule has 2 fully saturated rings. The maximum absolute atomic E-state index is 14.0. The van der Waals surface area contributed by atoms with E-state index in [9.17, 15) is 23.5 Å². The highest BCUT2D eigenvalue weighted by Gasteiger charge is 2.36. The highest BCUT2D eigenvalue weighted by molar-refractivity contribution is 6.35. The van der Waals surface area contributed by atoms with Gasteiger partial charge in [0.2, 0.25) is 0 Å². The Labute approximate surface area is 242 Å². The second-order valence-electron chi connectivity index (χ2n) is 10.5. The van der Waals surface area contributed by atoms with Gasteiger partial charge < -0.3 is 15.7 Å². The van der Waals surface area contributed by atoms with Crippen LogP contribution >= 0.6 is 23.2 Å². The number of pyridine rings is 1. The number of aliphatic imine (C=N–C) groups is 1. The van der Waals surface area contributed by atoms with Crippen LogP contribution in [0.4, 0.5) is 8.78 Å². The molecule has 7 nitrogen and oxygen atoms in total. The van der Waals surface area contributed by atoms with Gasteiger partial charge in [0, 0.05) is 48.6 Å². The lowest BCUT2D eigenvalue weighted by molar-refractivity contribution is -0.128. The normalized spacial score (nSPS) is 20.8. The van der Waals surface area contributed by atoms with Crippen LogP contribution in [0.2, 0.25) is 10.0 Å². The molecule has 1 aromatic carbocycles. The van der Waals surface area contributed by atoms with Gasteiger partial charge >= 0.3 is 0 Å². The number of nitrogens with zero attached hydrogens (tertiary/aromatic N) is 3. The smallest absolute Gasteiger partial charge is 0.257 e. The van der Waals surface area contributed by atoms with E-state index in [0.29, 0.717) is 5.71 Å². The summed E-state index contributed by atoms with van der Waals surface area (Å²) in [6, 6.07) is 2.94. The monoisotopic (exact) mass is 592 g/mol. The lowest BCUT2D eigenvalue weighted by Crippen LogP contribution is -2.38. The van der Waals surface area contributed by atoms with Crippen molar-refractivity contribution in [3.8, 4) is 0 Å². The minimum Gasteiger partial charge on any atom is -0.404 e. The Morgan fingerprint density at radius 3 is 2.17 bits per heavy atom. The number of rotatable bonds is 10. The van der Waals surface area contributed by atoms with Crippen molar-refractivity contribution in [2.45, 2.75) is 64.1 Å². The predicted molar refractivity (Wildman–Crippen MR) is 150 cm³/mol. The van der Waals surface area contributed by atoms with E-state index < -0.39 is 23.6 Å². The summed E-state index contributed by atoms with van der Waals surface area (Å²) in [5, 5.41) is 11.3. The van der Waals surface area contributed by atoms with Gasteiger partial charge in [-0.25, -0.2) is 8.78 Å². The molecule has 0 bridgehead atoms. The summed E-state index contributed by atoms with van der Waals surface area (Å²) in [5.74, 6) is -1.85. The molecular formula is C29H32Cl2F2N4O3. The van der Waals surface area contributed by atoms with Gasteiger partial charge in [-0.1, -0.05) is 23.2 Å². The average molecular weight is 594 g/mol. The van der Waals surface area contributed by atoms with Crippen LogP contribution in [0.5, 0.6) is 0 Å². The SMILES string of the molecule is CC(=O)C1CCC(N=C(C(=CN)C(=O)N(Cc2cc(F)cc(F)c2)CC(O)c2c(Cl)cncc2Cl)C2CC2)CC1.